The van der Waals surface area contributed by atoms with Gasteiger partial charge in [0.1, 0.15) is 0 Å². The maximum absolute atomic E-state index is 11.4. The largest absolute Gasteiger partial charge is 0.490 e. The fraction of sp³-hybridized carbons (Fsp3) is 0.429. The highest BCUT2D eigenvalue weighted by Gasteiger charge is 2.27. The highest BCUT2D eigenvalue weighted by Crippen LogP contribution is 2.33. The minimum absolute atomic E-state index is 0.315. The number of hydrogen-bond acceptors (Lipinski definition) is 4. The number of carboxylic acid groups (broad SMARTS) is 1. The van der Waals surface area contributed by atoms with Crippen LogP contribution in [-0.2, 0) is 9.59 Å². The second kappa shape index (κ2) is 5.81. The van der Waals surface area contributed by atoms with E-state index in [0.29, 0.717) is 30.3 Å². The standard InChI is InChI=1S/C14H17NO5/c1-9(16)15(2)13(14(17)18)10-4-5-11-12(8-10)20-7-3-6-19-11/h4-5,8,13H,3,6-7H2,1-2H3,(H,17,18). The van der Waals surface area contributed by atoms with E-state index in [9.17, 15) is 14.7 Å². The second-order valence-corrected chi connectivity index (χ2v) is 4.63. The molecule has 1 N–H and O–H groups in total. The number of benzene rings is 1. The van der Waals surface area contributed by atoms with Crippen LogP contribution >= 0.6 is 0 Å². The van der Waals surface area contributed by atoms with Crippen molar-refractivity contribution < 1.29 is 24.2 Å². The van der Waals surface area contributed by atoms with E-state index < -0.39 is 12.0 Å². The Morgan fingerprint density at radius 2 is 1.90 bits per heavy atom. The number of aliphatic carboxylic acids is 1. The third-order valence-corrected chi connectivity index (χ3v) is 3.21. The Labute approximate surface area is 116 Å². The molecule has 6 nitrogen and oxygen atoms in total. The zero-order valence-corrected chi connectivity index (χ0v) is 11.5. The lowest BCUT2D eigenvalue weighted by Crippen LogP contribution is -2.34. The summed E-state index contributed by atoms with van der Waals surface area (Å²) >= 11 is 0. The van der Waals surface area contributed by atoms with Crippen molar-refractivity contribution in [2.45, 2.75) is 19.4 Å². The zero-order chi connectivity index (χ0) is 14.7. The Morgan fingerprint density at radius 1 is 1.25 bits per heavy atom. The molecule has 0 aromatic heterocycles. The van der Waals surface area contributed by atoms with Crippen LogP contribution in [-0.4, -0.2) is 42.1 Å². The highest BCUT2D eigenvalue weighted by atomic mass is 16.5. The molecule has 1 aromatic rings. The van der Waals surface area contributed by atoms with E-state index in [1.54, 1.807) is 18.2 Å². The van der Waals surface area contributed by atoms with Crippen molar-refractivity contribution in [2.75, 3.05) is 20.3 Å². The molecule has 0 spiro atoms. The summed E-state index contributed by atoms with van der Waals surface area (Å²) < 4.78 is 11.0. The molecule has 1 aliphatic rings. The summed E-state index contributed by atoms with van der Waals surface area (Å²) in [6, 6.07) is 3.91. The predicted molar refractivity (Wildman–Crippen MR) is 70.9 cm³/mol. The van der Waals surface area contributed by atoms with E-state index in [0.717, 1.165) is 6.42 Å². The van der Waals surface area contributed by atoms with E-state index in [1.165, 1.54) is 18.9 Å². The summed E-state index contributed by atoms with van der Waals surface area (Å²) in [5.74, 6) is -0.286. The molecule has 0 bridgehead atoms. The number of rotatable bonds is 3. The fourth-order valence-corrected chi connectivity index (χ4v) is 2.06. The number of carbonyl (C=O) groups excluding carboxylic acids is 1. The summed E-state index contributed by atoms with van der Waals surface area (Å²) in [6.45, 7) is 2.43. The smallest absolute Gasteiger partial charge is 0.331 e. The van der Waals surface area contributed by atoms with E-state index in [2.05, 4.69) is 0 Å². The molecule has 6 heteroatoms. The van der Waals surface area contributed by atoms with Gasteiger partial charge in [-0.15, -0.1) is 0 Å². The maximum Gasteiger partial charge on any atom is 0.331 e. The van der Waals surface area contributed by atoms with Crippen LogP contribution < -0.4 is 9.47 Å². The van der Waals surface area contributed by atoms with Gasteiger partial charge in [-0.1, -0.05) is 6.07 Å². The molecule has 1 aliphatic heterocycles. The zero-order valence-electron chi connectivity index (χ0n) is 11.5. The molecular formula is C14H17NO5. The Balaban J connectivity index is 2.37. The number of ether oxygens (including phenoxy) is 2. The van der Waals surface area contributed by atoms with Gasteiger partial charge in [-0.25, -0.2) is 4.79 Å². The topological polar surface area (TPSA) is 76.1 Å². The molecular weight excluding hydrogens is 262 g/mol. The summed E-state index contributed by atoms with van der Waals surface area (Å²) in [7, 11) is 1.46. The quantitative estimate of drug-likeness (QED) is 0.906. The average Bonchev–Trinajstić information content (AvgIpc) is 2.62. The lowest BCUT2D eigenvalue weighted by Gasteiger charge is -2.24. The molecule has 0 saturated heterocycles. The number of carbonyl (C=O) groups is 2. The fourth-order valence-electron chi connectivity index (χ4n) is 2.06. The molecule has 0 radical (unpaired) electrons. The van der Waals surface area contributed by atoms with Crippen molar-refractivity contribution >= 4 is 11.9 Å². The first-order valence-electron chi connectivity index (χ1n) is 6.36. The first kappa shape index (κ1) is 14.2. The van der Waals surface area contributed by atoms with Crippen LogP contribution in [0.25, 0.3) is 0 Å². The molecule has 1 unspecified atom stereocenters. The Hall–Kier alpha value is -2.24. The molecule has 0 aliphatic carbocycles. The molecule has 1 heterocycles. The van der Waals surface area contributed by atoms with Crippen molar-refractivity contribution in [3.05, 3.63) is 23.8 Å². The van der Waals surface area contributed by atoms with E-state index in [-0.39, 0.29) is 5.91 Å². The molecule has 20 heavy (non-hydrogen) atoms. The van der Waals surface area contributed by atoms with Gasteiger partial charge in [0, 0.05) is 20.4 Å². The number of hydrogen-bond donors (Lipinski definition) is 1. The predicted octanol–water partition coefficient (Wildman–Crippen LogP) is 1.45. The van der Waals surface area contributed by atoms with E-state index in [1.807, 2.05) is 0 Å². The molecule has 1 aromatic carbocycles. The summed E-state index contributed by atoms with van der Waals surface area (Å²) in [5.41, 5.74) is 0.486. The van der Waals surface area contributed by atoms with Gasteiger partial charge in [-0.05, 0) is 17.7 Å². The monoisotopic (exact) mass is 279 g/mol. The van der Waals surface area contributed by atoms with Gasteiger partial charge in [0.25, 0.3) is 0 Å². The molecule has 2 rings (SSSR count). The Kier molecular flexibility index (Phi) is 4.12. The van der Waals surface area contributed by atoms with Crippen LogP contribution in [0.3, 0.4) is 0 Å². The average molecular weight is 279 g/mol. The van der Waals surface area contributed by atoms with Crippen molar-refractivity contribution in [1.29, 1.82) is 0 Å². The van der Waals surface area contributed by atoms with Crippen molar-refractivity contribution in [3.63, 3.8) is 0 Å². The maximum atomic E-state index is 11.4. The first-order chi connectivity index (χ1) is 9.50. The number of carboxylic acids is 1. The summed E-state index contributed by atoms with van der Waals surface area (Å²) in [4.78, 5) is 24.0. The van der Waals surface area contributed by atoms with Gasteiger partial charge >= 0.3 is 5.97 Å². The third-order valence-electron chi connectivity index (χ3n) is 3.21. The van der Waals surface area contributed by atoms with Crippen molar-refractivity contribution in [3.8, 4) is 11.5 Å². The number of likely N-dealkylation sites (N-methyl/N-ethyl adjacent to an activating group) is 1. The molecule has 108 valence electrons. The second-order valence-electron chi connectivity index (χ2n) is 4.63. The number of nitrogens with zero attached hydrogens (tertiary/aromatic N) is 1. The normalized spacial score (nSPS) is 15.1. The third kappa shape index (κ3) is 2.84. The highest BCUT2D eigenvalue weighted by molar-refractivity contribution is 5.83. The molecule has 0 saturated carbocycles. The van der Waals surface area contributed by atoms with Gasteiger partial charge in [0.05, 0.1) is 13.2 Å². The molecule has 1 atom stereocenters. The lowest BCUT2D eigenvalue weighted by molar-refractivity contribution is -0.148. The minimum atomic E-state index is -1.09. The van der Waals surface area contributed by atoms with Gasteiger partial charge in [-0.2, -0.15) is 0 Å². The minimum Gasteiger partial charge on any atom is -0.490 e. The molecule has 1 amide bonds. The Bertz CT molecular complexity index is 528. The lowest BCUT2D eigenvalue weighted by atomic mass is 10.0. The summed E-state index contributed by atoms with van der Waals surface area (Å²) in [5, 5.41) is 9.34. The van der Waals surface area contributed by atoms with Crippen LogP contribution in [0, 0.1) is 0 Å². The van der Waals surface area contributed by atoms with E-state index in [4.69, 9.17) is 9.47 Å². The molecule has 0 fully saturated rings. The van der Waals surface area contributed by atoms with Gasteiger partial charge in [-0.3, -0.25) is 4.79 Å². The first-order valence-corrected chi connectivity index (χ1v) is 6.36. The number of amides is 1. The van der Waals surface area contributed by atoms with Gasteiger partial charge in [0.15, 0.2) is 17.5 Å². The van der Waals surface area contributed by atoms with Crippen LogP contribution in [0.4, 0.5) is 0 Å². The van der Waals surface area contributed by atoms with Crippen molar-refractivity contribution in [1.82, 2.24) is 4.90 Å². The van der Waals surface area contributed by atoms with E-state index >= 15 is 0 Å². The van der Waals surface area contributed by atoms with Crippen LogP contribution in [0.2, 0.25) is 0 Å². The Morgan fingerprint density at radius 3 is 2.50 bits per heavy atom. The van der Waals surface area contributed by atoms with Gasteiger partial charge in [0.2, 0.25) is 5.91 Å². The SMILES string of the molecule is CC(=O)N(C)C(C(=O)O)c1ccc2c(c1)OCCCO2. The van der Waals surface area contributed by atoms with Crippen LogP contribution in [0.15, 0.2) is 18.2 Å². The van der Waals surface area contributed by atoms with Crippen LogP contribution in [0.1, 0.15) is 24.9 Å². The summed E-state index contributed by atoms with van der Waals surface area (Å²) in [6.07, 6.45) is 0.778. The van der Waals surface area contributed by atoms with Crippen LogP contribution in [0.5, 0.6) is 11.5 Å². The number of fused-ring (bicyclic) bond motifs is 1. The van der Waals surface area contributed by atoms with Crippen molar-refractivity contribution in [2.24, 2.45) is 0 Å². The van der Waals surface area contributed by atoms with Gasteiger partial charge < -0.3 is 19.5 Å².